The van der Waals surface area contributed by atoms with Gasteiger partial charge in [0, 0.05) is 17.3 Å². The molecule has 23 heavy (non-hydrogen) atoms. The molecular weight excluding hydrogens is 315 g/mol. The van der Waals surface area contributed by atoms with E-state index < -0.39 is 0 Å². The van der Waals surface area contributed by atoms with Crippen molar-refractivity contribution in [3.8, 4) is 28.1 Å². The number of hydrogen-bond donors (Lipinski definition) is 1. The molecule has 116 valence electrons. The van der Waals surface area contributed by atoms with Crippen LogP contribution in [0.3, 0.4) is 0 Å². The average Bonchev–Trinajstić information content (AvgIpc) is 2.58. The summed E-state index contributed by atoms with van der Waals surface area (Å²) in [6.07, 6.45) is 1.70. The van der Waals surface area contributed by atoms with Crippen LogP contribution in [-0.4, -0.2) is 4.98 Å². The van der Waals surface area contributed by atoms with E-state index in [0.29, 0.717) is 17.0 Å². The molecule has 0 aliphatic rings. The second-order valence-corrected chi connectivity index (χ2v) is 5.35. The van der Waals surface area contributed by atoms with Crippen molar-refractivity contribution in [3.63, 3.8) is 0 Å². The molecule has 0 bridgehead atoms. The molecule has 0 spiro atoms. The molecule has 0 radical (unpaired) electrons. The molecule has 1 heterocycles. The quantitative estimate of drug-likeness (QED) is 0.690. The van der Waals surface area contributed by atoms with Gasteiger partial charge in [0.05, 0.1) is 11.4 Å². The molecular formula is C18H14ClFN2O. The molecule has 0 unspecified atom stereocenters. The first-order valence-corrected chi connectivity index (χ1v) is 7.31. The molecule has 0 fully saturated rings. The second-order valence-electron chi connectivity index (χ2n) is 5.19. The lowest BCUT2D eigenvalue weighted by Gasteiger charge is -2.11. The number of nitrogens with zero attached hydrogens (tertiary/aromatic N) is 1. The van der Waals surface area contributed by atoms with Gasteiger partial charge >= 0.3 is 0 Å². The van der Waals surface area contributed by atoms with Gasteiger partial charge in [-0.25, -0.2) is 4.39 Å². The fourth-order valence-corrected chi connectivity index (χ4v) is 2.56. The van der Waals surface area contributed by atoms with E-state index in [9.17, 15) is 4.39 Å². The number of aromatic nitrogens is 1. The first kappa shape index (κ1) is 15.3. The highest BCUT2D eigenvalue weighted by molar-refractivity contribution is 6.09. The summed E-state index contributed by atoms with van der Waals surface area (Å²) < 4.78 is 18.3. The Morgan fingerprint density at radius 2 is 1.87 bits per heavy atom. The highest BCUT2D eigenvalue weighted by Gasteiger charge is 2.12. The molecule has 0 saturated carbocycles. The Morgan fingerprint density at radius 3 is 2.61 bits per heavy atom. The number of nitrogens with two attached hydrogens (primary N) is 1. The van der Waals surface area contributed by atoms with Gasteiger partial charge in [0.15, 0.2) is 5.75 Å². The van der Waals surface area contributed by atoms with Crippen molar-refractivity contribution in [2.24, 2.45) is 0 Å². The molecule has 1 aromatic heterocycles. The minimum atomic E-state index is -0.239. The van der Waals surface area contributed by atoms with E-state index >= 15 is 0 Å². The summed E-state index contributed by atoms with van der Waals surface area (Å²) >= 11 is 5.45. The summed E-state index contributed by atoms with van der Waals surface area (Å²) in [6.45, 7) is 1.73. The Morgan fingerprint density at radius 1 is 1.09 bits per heavy atom. The first-order valence-electron chi connectivity index (χ1n) is 7.00. The van der Waals surface area contributed by atoms with E-state index in [1.807, 2.05) is 18.2 Å². The molecule has 5 heteroatoms. The van der Waals surface area contributed by atoms with Gasteiger partial charge in [-0.15, -0.1) is 0 Å². The number of rotatable bonds is 3. The number of nitrogen functional groups attached to an aromatic ring is 1. The van der Waals surface area contributed by atoms with Crippen molar-refractivity contribution in [2.45, 2.75) is 6.92 Å². The Labute approximate surface area is 138 Å². The predicted octanol–water partition coefficient (Wildman–Crippen LogP) is 4.98. The Hall–Kier alpha value is -2.59. The molecule has 0 saturated heterocycles. The van der Waals surface area contributed by atoms with Crippen LogP contribution in [-0.2, 0) is 0 Å². The van der Waals surface area contributed by atoms with Crippen molar-refractivity contribution >= 4 is 17.6 Å². The zero-order valence-electron chi connectivity index (χ0n) is 12.4. The smallest absolute Gasteiger partial charge is 0.169 e. The summed E-state index contributed by atoms with van der Waals surface area (Å²) in [6, 6.07) is 14.0. The van der Waals surface area contributed by atoms with Crippen molar-refractivity contribution in [3.05, 3.63) is 66.1 Å². The van der Waals surface area contributed by atoms with Gasteiger partial charge in [-0.1, -0.05) is 12.1 Å². The topological polar surface area (TPSA) is 48.1 Å². The fraction of sp³-hybridized carbons (Fsp3) is 0.0556. The summed E-state index contributed by atoms with van der Waals surface area (Å²) in [5.74, 6) is 0.144. The number of halogens is 2. The van der Waals surface area contributed by atoms with Crippen molar-refractivity contribution in [1.29, 1.82) is 0 Å². The number of hydrogen-bond acceptors (Lipinski definition) is 3. The van der Waals surface area contributed by atoms with E-state index in [0.717, 1.165) is 22.4 Å². The maximum absolute atomic E-state index is 13.5. The molecule has 0 aliphatic carbocycles. The van der Waals surface area contributed by atoms with Crippen LogP contribution < -0.4 is 10.0 Å². The second kappa shape index (κ2) is 6.26. The van der Waals surface area contributed by atoms with Gasteiger partial charge < -0.3 is 10.0 Å². The molecule has 3 aromatic rings. The maximum atomic E-state index is 13.5. The van der Waals surface area contributed by atoms with Crippen LogP contribution in [0.15, 0.2) is 54.7 Å². The first-order chi connectivity index (χ1) is 11.1. The van der Waals surface area contributed by atoms with Gasteiger partial charge in [0.1, 0.15) is 17.7 Å². The van der Waals surface area contributed by atoms with Crippen LogP contribution in [0.1, 0.15) is 5.56 Å². The maximum Gasteiger partial charge on any atom is 0.169 e. The van der Waals surface area contributed by atoms with Crippen LogP contribution in [0.25, 0.3) is 22.4 Å². The molecule has 3 rings (SSSR count). The average molecular weight is 329 g/mol. The van der Waals surface area contributed by atoms with E-state index in [4.69, 9.17) is 21.9 Å². The third kappa shape index (κ3) is 2.98. The summed E-state index contributed by atoms with van der Waals surface area (Å²) in [4.78, 5) is 4.45. The molecule has 0 aliphatic heterocycles. The Bertz CT molecular complexity index is 867. The molecule has 0 amide bonds. The number of anilines is 1. The van der Waals surface area contributed by atoms with Crippen LogP contribution in [0.5, 0.6) is 5.75 Å². The van der Waals surface area contributed by atoms with Crippen molar-refractivity contribution in [2.75, 3.05) is 5.73 Å². The summed E-state index contributed by atoms with van der Waals surface area (Å²) in [5, 5.41) is 0. The zero-order valence-corrected chi connectivity index (χ0v) is 13.1. The Kier molecular flexibility index (Phi) is 4.17. The zero-order chi connectivity index (χ0) is 16.4. The van der Waals surface area contributed by atoms with Crippen LogP contribution in [0.4, 0.5) is 10.1 Å². The minimum Gasteiger partial charge on any atom is -0.396 e. The normalized spacial score (nSPS) is 10.6. The van der Waals surface area contributed by atoms with Gasteiger partial charge in [-0.3, -0.25) is 4.98 Å². The largest absolute Gasteiger partial charge is 0.396 e. The molecule has 2 N–H and O–H groups in total. The van der Waals surface area contributed by atoms with E-state index in [1.54, 1.807) is 37.4 Å². The lowest BCUT2D eigenvalue weighted by Crippen LogP contribution is -1.93. The van der Waals surface area contributed by atoms with Crippen LogP contribution in [0.2, 0.25) is 0 Å². The molecule has 0 atom stereocenters. The van der Waals surface area contributed by atoms with E-state index in [1.165, 1.54) is 6.07 Å². The lowest BCUT2D eigenvalue weighted by atomic mass is 9.98. The molecule has 3 nitrogen and oxygen atoms in total. The summed E-state index contributed by atoms with van der Waals surface area (Å²) in [7, 11) is 0. The standard InChI is InChI=1S/C18H14ClFN2O/c1-11-9-13(4-6-15(11)20)18-14(3-2-8-22-18)12-5-7-16(21)17(10-12)23-19/h2-10H,21H2,1H3. The van der Waals surface area contributed by atoms with Crippen LogP contribution in [0, 0.1) is 12.7 Å². The highest BCUT2D eigenvalue weighted by atomic mass is 35.5. The number of pyridine rings is 1. The lowest BCUT2D eigenvalue weighted by molar-refractivity contribution is 0.619. The van der Waals surface area contributed by atoms with Gasteiger partial charge in [-0.05, 0) is 54.4 Å². The van der Waals surface area contributed by atoms with E-state index in [-0.39, 0.29) is 5.82 Å². The SMILES string of the molecule is Cc1cc(-c2ncccc2-c2ccc(N)c(OCl)c2)ccc1F. The van der Waals surface area contributed by atoms with Crippen molar-refractivity contribution in [1.82, 2.24) is 4.98 Å². The third-order valence-electron chi connectivity index (χ3n) is 3.65. The minimum absolute atomic E-state index is 0.239. The van der Waals surface area contributed by atoms with Crippen LogP contribution >= 0.6 is 11.9 Å². The van der Waals surface area contributed by atoms with Gasteiger partial charge in [0.2, 0.25) is 0 Å². The predicted molar refractivity (Wildman–Crippen MR) is 90.7 cm³/mol. The monoisotopic (exact) mass is 328 g/mol. The summed E-state index contributed by atoms with van der Waals surface area (Å²) in [5.41, 5.74) is 10.2. The number of benzene rings is 2. The third-order valence-corrected chi connectivity index (χ3v) is 3.81. The molecule has 2 aromatic carbocycles. The van der Waals surface area contributed by atoms with Crippen molar-refractivity contribution < 1.29 is 8.68 Å². The number of aryl methyl sites for hydroxylation is 1. The van der Waals surface area contributed by atoms with Gasteiger partial charge in [-0.2, -0.15) is 0 Å². The highest BCUT2D eigenvalue weighted by Crippen LogP contribution is 2.35. The Balaban J connectivity index is 2.16. The fourth-order valence-electron chi connectivity index (χ4n) is 2.43. The van der Waals surface area contributed by atoms with Gasteiger partial charge in [0.25, 0.3) is 0 Å². The van der Waals surface area contributed by atoms with E-state index in [2.05, 4.69) is 4.98 Å².